The number of nitrogens with zero attached hydrogens (tertiary/aromatic N) is 4. The normalized spacial score (nSPS) is 14.6. The van der Waals surface area contributed by atoms with E-state index in [1.807, 2.05) is 72.0 Å². The molecule has 2 aromatic heterocycles. The van der Waals surface area contributed by atoms with Gasteiger partial charge in [-0.15, -0.1) is 0 Å². The fourth-order valence-electron chi connectivity index (χ4n) is 5.24. The predicted molar refractivity (Wildman–Crippen MR) is 146 cm³/mol. The highest BCUT2D eigenvalue weighted by molar-refractivity contribution is 5.91. The lowest BCUT2D eigenvalue weighted by molar-refractivity contribution is 0.194. The van der Waals surface area contributed by atoms with Crippen LogP contribution in [0, 0.1) is 20.8 Å². The molecule has 0 aliphatic carbocycles. The van der Waals surface area contributed by atoms with Crippen molar-refractivity contribution in [3.63, 3.8) is 0 Å². The highest BCUT2D eigenvalue weighted by atomic mass is 16.2. The number of fused-ring (bicyclic) bond motifs is 3. The van der Waals surface area contributed by atoms with E-state index < -0.39 is 0 Å². The maximum atomic E-state index is 14.0. The zero-order valence-electron chi connectivity index (χ0n) is 21.2. The highest BCUT2D eigenvalue weighted by Gasteiger charge is 2.36. The highest BCUT2D eigenvalue weighted by Crippen LogP contribution is 2.39. The average molecular weight is 488 g/mol. The SMILES string of the molecule is Cc1cccc([C@H]2c3cccn3-c3c(c(C)nn3-c3ccccc3)CN2C(=O)Nc2ccccc2C)c1. The Hall–Kier alpha value is -4.58. The average Bonchev–Trinajstić information content (AvgIpc) is 3.46. The Labute approximate surface area is 216 Å². The summed E-state index contributed by atoms with van der Waals surface area (Å²) in [5, 5.41) is 8.11. The zero-order chi connectivity index (χ0) is 25.5. The number of amides is 2. The molecule has 0 unspecified atom stereocenters. The largest absolute Gasteiger partial charge is 0.322 e. The molecule has 0 bridgehead atoms. The molecule has 0 saturated heterocycles. The third kappa shape index (κ3) is 4.00. The van der Waals surface area contributed by atoms with Gasteiger partial charge >= 0.3 is 6.03 Å². The summed E-state index contributed by atoms with van der Waals surface area (Å²) >= 11 is 0. The van der Waals surface area contributed by atoms with Crippen LogP contribution in [-0.4, -0.2) is 25.3 Å². The van der Waals surface area contributed by atoms with E-state index in [1.54, 1.807) is 0 Å². The molecule has 3 aromatic carbocycles. The second kappa shape index (κ2) is 9.13. The number of hydrogen-bond acceptors (Lipinski definition) is 2. The molecule has 3 heterocycles. The molecule has 184 valence electrons. The standard InChI is InChI=1S/C31H29N5O/c1-21-11-9-13-24(19-21)29-28-17-10-18-34(28)30-26(23(3)33-36(30)25-14-5-4-6-15-25)20-35(29)31(37)32-27-16-8-7-12-22(27)2/h4-19,29H,20H2,1-3H3,(H,32,37)/t29-/m0/s1. The van der Waals surface area contributed by atoms with Gasteiger partial charge in [0.1, 0.15) is 5.82 Å². The van der Waals surface area contributed by atoms with Gasteiger partial charge in [-0.3, -0.25) is 0 Å². The van der Waals surface area contributed by atoms with Crippen LogP contribution in [0.1, 0.15) is 39.7 Å². The topological polar surface area (TPSA) is 55.1 Å². The summed E-state index contributed by atoms with van der Waals surface area (Å²) in [5.41, 5.74) is 7.98. The maximum Gasteiger partial charge on any atom is 0.322 e. The van der Waals surface area contributed by atoms with E-state index in [0.717, 1.165) is 50.8 Å². The van der Waals surface area contributed by atoms with Crippen molar-refractivity contribution in [3.05, 3.63) is 131 Å². The number of carbonyl (C=O) groups is 1. The first-order chi connectivity index (χ1) is 18.0. The number of carbonyl (C=O) groups excluding carboxylic acids is 1. The minimum atomic E-state index is -0.282. The van der Waals surface area contributed by atoms with Gasteiger partial charge < -0.3 is 14.8 Å². The van der Waals surface area contributed by atoms with Crippen molar-refractivity contribution in [2.24, 2.45) is 0 Å². The van der Waals surface area contributed by atoms with Crippen molar-refractivity contribution in [1.29, 1.82) is 0 Å². The van der Waals surface area contributed by atoms with Crippen molar-refractivity contribution in [2.75, 3.05) is 5.32 Å². The lowest BCUT2D eigenvalue weighted by Crippen LogP contribution is -2.38. The molecule has 37 heavy (non-hydrogen) atoms. The smallest absolute Gasteiger partial charge is 0.308 e. The van der Waals surface area contributed by atoms with Crippen LogP contribution in [0.2, 0.25) is 0 Å². The fourth-order valence-corrected chi connectivity index (χ4v) is 5.24. The molecule has 0 saturated carbocycles. The van der Waals surface area contributed by atoms with Gasteiger partial charge in [0.25, 0.3) is 0 Å². The zero-order valence-corrected chi connectivity index (χ0v) is 21.2. The third-order valence-electron chi connectivity index (χ3n) is 7.09. The number of urea groups is 1. The monoisotopic (exact) mass is 487 g/mol. The van der Waals surface area contributed by atoms with E-state index in [0.29, 0.717) is 6.54 Å². The third-order valence-corrected chi connectivity index (χ3v) is 7.09. The first kappa shape index (κ1) is 22.9. The minimum Gasteiger partial charge on any atom is -0.308 e. The van der Waals surface area contributed by atoms with Gasteiger partial charge in [0.2, 0.25) is 0 Å². The molecule has 2 amide bonds. The molecule has 1 aliphatic heterocycles. The van der Waals surface area contributed by atoms with Crippen LogP contribution >= 0.6 is 0 Å². The van der Waals surface area contributed by atoms with E-state index in [9.17, 15) is 4.79 Å². The Morgan fingerprint density at radius 2 is 1.68 bits per heavy atom. The van der Waals surface area contributed by atoms with E-state index in [1.165, 1.54) is 0 Å². The fraction of sp³-hybridized carbons (Fsp3) is 0.161. The second-order valence-electron chi connectivity index (χ2n) is 9.63. The number of hydrogen-bond donors (Lipinski definition) is 1. The molecule has 6 nitrogen and oxygen atoms in total. The van der Waals surface area contributed by atoms with Gasteiger partial charge in [-0.1, -0.05) is 66.2 Å². The summed E-state index contributed by atoms with van der Waals surface area (Å²) in [6.07, 6.45) is 2.07. The van der Waals surface area contributed by atoms with Gasteiger partial charge in [-0.25, -0.2) is 9.48 Å². The quantitative estimate of drug-likeness (QED) is 0.307. The maximum absolute atomic E-state index is 14.0. The van der Waals surface area contributed by atoms with E-state index in [-0.39, 0.29) is 12.1 Å². The Bertz CT molecular complexity index is 1600. The molecule has 1 atom stereocenters. The van der Waals surface area contributed by atoms with Crippen LogP contribution in [0.15, 0.2) is 97.2 Å². The van der Waals surface area contributed by atoms with E-state index in [4.69, 9.17) is 5.10 Å². The van der Waals surface area contributed by atoms with Gasteiger partial charge in [-0.05, 0) is 62.2 Å². The first-order valence-corrected chi connectivity index (χ1v) is 12.5. The molecule has 6 rings (SSSR count). The number of aromatic nitrogens is 3. The summed E-state index contributed by atoms with van der Waals surface area (Å²) in [7, 11) is 0. The first-order valence-electron chi connectivity index (χ1n) is 12.5. The lowest BCUT2D eigenvalue weighted by atomic mass is 10.00. The summed E-state index contributed by atoms with van der Waals surface area (Å²) < 4.78 is 4.18. The van der Waals surface area contributed by atoms with E-state index in [2.05, 4.69) is 65.5 Å². The molecule has 1 N–H and O–H groups in total. The number of para-hydroxylation sites is 2. The number of aryl methyl sites for hydroxylation is 3. The summed E-state index contributed by atoms with van der Waals surface area (Å²) in [6, 6.07) is 30.2. The van der Waals surface area contributed by atoms with Crippen LogP contribution < -0.4 is 5.32 Å². The number of benzene rings is 3. The number of nitrogens with one attached hydrogen (secondary N) is 1. The molecule has 0 radical (unpaired) electrons. The van der Waals surface area contributed by atoms with Crippen LogP contribution in [-0.2, 0) is 6.54 Å². The second-order valence-corrected chi connectivity index (χ2v) is 9.63. The van der Waals surface area contributed by atoms with Gasteiger partial charge in [0.15, 0.2) is 0 Å². The lowest BCUT2D eigenvalue weighted by Gasteiger charge is -2.31. The van der Waals surface area contributed by atoms with Gasteiger partial charge in [0.05, 0.1) is 29.7 Å². The number of rotatable bonds is 3. The molecular formula is C31H29N5O. The summed E-state index contributed by atoms with van der Waals surface area (Å²) in [4.78, 5) is 16.0. The molecule has 6 heteroatoms. The molecule has 0 spiro atoms. The Kier molecular flexibility index (Phi) is 5.64. The molecule has 5 aromatic rings. The van der Waals surface area contributed by atoms with Crippen LogP contribution in [0.3, 0.4) is 0 Å². The van der Waals surface area contributed by atoms with Crippen molar-refractivity contribution >= 4 is 11.7 Å². The van der Waals surface area contributed by atoms with Crippen molar-refractivity contribution in [2.45, 2.75) is 33.4 Å². The Balaban J connectivity index is 1.55. The molecule has 0 fully saturated rings. The molecular weight excluding hydrogens is 458 g/mol. The number of anilines is 1. The van der Waals surface area contributed by atoms with Crippen molar-refractivity contribution in [1.82, 2.24) is 19.2 Å². The minimum absolute atomic E-state index is 0.145. The van der Waals surface area contributed by atoms with Crippen LogP contribution in [0.5, 0.6) is 0 Å². The summed E-state index contributed by atoms with van der Waals surface area (Å²) in [5.74, 6) is 0.965. The van der Waals surface area contributed by atoms with Crippen LogP contribution in [0.4, 0.5) is 10.5 Å². The molecule has 1 aliphatic rings. The predicted octanol–water partition coefficient (Wildman–Crippen LogP) is 6.73. The Morgan fingerprint density at radius 1 is 0.892 bits per heavy atom. The Morgan fingerprint density at radius 3 is 2.46 bits per heavy atom. The van der Waals surface area contributed by atoms with Crippen molar-refractivity contribution < 1.29 is 4.79 Å². The van der Waals surface area contributed by atoms with Gasteiger partial charge in [-0.2, -0.15) is 5.10 Å². The van der Waals surface area contributed by atoms with Gasteiger partial charge in [0, 0.05) is 17.4 Å². The van der Waals surface area contributed by atoms with E-state index >= 15 is 0 Å². The van der Waals surface area contributed by atoms with Crippen LogP contribution in [0.25, 0.3) is 11.5 Å². The van der Waals surface area contributed by atoms with Crippen molar-refractivity contribution in [3.8, 4) is 11.5 Å². The summed E-state index contributed by atoms with van der Waals surface area (Å²) in [6.45, 7) is 6.54.